The molecule has 13 heteroatoms. The number of fused-ring (bicyclic) bond motifs is 1. The van der Waals surface area contributed by atoms with Crippen molar-refractivity contribution in [3.8, 4) is 17.1 Å². The Morgan fingerprint density at radius 2 is 1.83 bits per heavy atom. The van der Waals surface area contributed by atoms with E-state index in [2.05, 4.69) is 11.9 Å². The molecule has 2 amide bonds. The first-order valence-corrected chi connectivity index (χ1v) is 19.8. The Kier molecular flexibility index (Phi) is 10.1. The monoisotopic (exact) mass is 747 g/mol. The number of pyridine rings is 1. The molecule has 5 atom stereocenters. The average Bonchev–Trinajstić information content (AvgIpc) is 3.94. The van der Waals surface area contributed by atoms with Crippen LogP contribution in [0.5, 0.6) is 5.88 Å². The molecule has 3 aromatic rings. The van der Waals surface area contributed by atoms with Gasteiger partial charge in [-0.3, -0.25) is 19.2 Å². The van der Waals surface area contributed by atoms with Crippen molar-refractivity contribution in [2.75, 3.05) is 12.3 Å². The number of aromatic nitrogens is 1. The van der Waals surface area contributed by atoms with Crippen molar-refractivity contribution in [2.24, 2.45) is 17.3 Å². The van der Waals surface area contributed by atoms with Crippen LogP contribution in [0.1, 0.15) is 73.6 Å². The molecule has 2 aromatic heterocycles. The fourth-order valence-corrected chi connectivity index (χ4v) is 8.84. The van der Waals surface area contributed by atoms with E-state index >= 15 is 0 Å². The maximum atomic E-state index is 14.6. The topological polar surface area (TPSA) is 162 Å². The van der Waals surface area contributed by atoms with Gasteiger partial charge in [-0.05, 0) is 69.0 Å². The number of likely N-dealkylation sites (tertiary alicyclic amines) is 1. The second-order valence-corrected chi connectivity index (χ2v) is 19.0. The molecule has 1 N–H and O–H groups in total. The van der Waals surface area contributed by atoms with Crippen molar-refractivity contribution >= 4 is 44.2 Å². The van der Waals surface area contributed by atoms with Crippen LogP contribution in [0, 0.1) is 17.3 Å². The summed E-state index contributed by atoms with van der Waals surface area (Å²) in [6.45, 7) is 14.6. The SMILES string of the molecule is C=C[C@@H]1C[C@]1(NC(=O)[C@@H]1C[C@@H](Oc2nc(-c3ccoc3)cc3ccccc23)CN1C(=O)[C@@H](CC(=O)OC(C)(C)C)C(C)(C)C)C(=O)CS(=O)(=O)C1CC1. The summed E-state index contributed by atoms with van der Waals surface area (Å²) in [5, 5.41) is 3.94. The number of nitrogens with zero attached hydrogens (tertiary/aromatic N) is 2. The van der Waals surface area contributed by atoms with Gasteiger partial charge in [0, 0.05) is 23.3 Å². The number of benzene rings is 1. The van der Waals surface area contributed by atoms with Crippen LogP contribution in [-0.4, -0.2) is 82.7 Å². The third-order valence-corrected chi connectivity index (χ3v) is 12.4. The highest BCUT2D eigenvalue weighted by molar-refractivity contribution is 7.93. The highest BCUT2D eigenvalue weighted by Gasteiger charge is 2.61. The van der Waals surface area contributed by atoms with Crippen molar-refractivity contribution in [1.29, 1.82) is 0 Å². The summed E-state index contributed by atoms with van der Waals surface area (Å²) in [6.07, 6.45) is 5.06. The number of carbonyl (C=O) groups excluding carboxylic acids is 4. The van der Waals surface area contributed by atoms with Gasteiger partial charge < -0.3 is 24.1 Å². The summed E-state index contributed by atoms with van der Waals surface area (Å²) >= 11 is 0. The number of rotatable bonds is 13. The number of carbonyl (C=O) groups is 4. The standard InChI is InChI=1S/C40H49N3O9S/c1-8-26-20-40(26,33(44)23-53(48,49)28-13-14-28)42-35(46)32-18-27(21-43(32)37(47)30(38(2,3)4)19-34(45)52-39(5,6)7)51-36-29-12-10-9-11-24(29)17-31(41-36)25-15-16-50-22-25/h8-12,15-17,22,26-28,30,32H,1,13-14,18-21,23H2,2-7H3,(H,42,46)/t26-,27-,30-,32+,40-/m1/s1. The van der Waals surface area contributed by atoms with Gasteiger partial charge >= 0.3 is 5.97 Å². The minimum Gasteiger partial charge on any atom is -0.472 e. The molecule has 12 nitrogen and oxygen atoms in total. The second kappa shape index (κ2) is 14.0. The van der Waals surface area contributed by atoms with E-state index in [9.17, 15) is 27.6 Å². The summed E-state index contributed by atoms with van der Waals surface area (Å²) in [7, 11) is -3.65. The Bertz CT molecular complexity index is 2030. The molecule has 1 aliphatic heterocycles. The fourth-order valence-electron chi connectivity index (χ4n) is 7.13. The summed E-state index contributed by atoms with van der Waals surface area (Å²) < 4.78 is 43.1. The molecule has 284 valence electrons. The van der Waals surface area contributed by atoms with Gasteiger partial charge in [-0.1, -0.05) is 45.0 Å². The number of furan rings is 1. The number of amides is 2. The van der Waals surface area contributed by atoms with Crippen LogP contribution >= 0.6 is 0 Å². The van der Waals surface area contributed by atoms with Crippen molar-refractivity contribution in [3.05, 3.63) is 61.6 Å². The van der Waals surface area contributed by atoms with Gasteiger partial charge in [-0.15, -0.1) is 6.58 Å². The largest absolute Gasteiger partial charge is 0.472 e. The van der Waals surface area contributed by atoms with E-state index in [0.29, 0.717) is 24.4 Å². The van der Waals surface area contributed by atoms with Crippen LogP contribution in [-0.2, 0) is 33.8 Å². The summed E-state index contributed by atoms with van der Waals surface area (Å²) in [5.74, 6) is -3.86. The molecular weight excluding hydrogens is 699 g/mol. The Balaban J connectivity index is 1.32. The lowest BCUT2D eigenvalue weighted by Crippen LogP contribution is -2.55. The Morgan fingerprint density at radius 3 is 2.43 bits per heavy atom. The molecule has 6 rings (SSSR count). The Hall–Kier alpha value is -4.52. The predicted molar refractivity (Wildman–Crippen MR) is 198 cm³/mol. The third kappa shape index (κ3) is 8.35. The first-order chi connectivity index (χ1) is 24.8. The van der Waals surface area contributed by atoms with Crippen LogP contribution in [0.15, 0.2) is 66.0 Å². The molecule has 0 radical (unpaired) electrons. The lowest BCUT2D eigenvalue weighted by atomic mass is 9.77. The first kappa shape index (κ1) is 38.2. The smallest absolute Gasteiger partial charge is 0.307 e. The third-order valence-electron chi connectivity index (χ3n) is 10.3. The number of nitrogens with one attached hydrogen (secondary N) is 1. The first-order valence-electron chi connectivity index (χ1n) is 18.1. The summed E-state index contributed by atoms with van der Waals surface area (Å²) in [4.78, 5) is 62.0. The minimum absolute atomic E-state index is 0.00828. The van der Waals surface area contributed by atoms with Gasteiger partial charge in [-0.2, -0.15) is 0 Å². The number of sulfone groups is 1. The van der Waals surface area contributed by atoms with Crippen LogP contribution in [0.4, 0.5) is 0 Å². The maximum absolute atomic E-state index is 14.6. The summed E-state index contributed by atoms with van der Waals surface area (Å²) in [6, 6.07) is 10.2. The van der Waals surface area contributed by atoms with E-state index in [1.165, 1.54) is 4.90 Å². The van der Waals surface area contributed by atoms with Gasteiger partial charge in [0.05, 0.1) is 42.4 Å². The molecule has 2 saturated carbocycles. The minimum atomic E-state index is -3.65. The van der Waals surface area contributed by atoms with Crippen LogP contribution < -0.4 is 10.1 Å². The zero-order valence-corrected chi connectivity index (χ0v) is 32.0. The van der Waals surface area contributed by atoms with Crippen molar-refractivity contribution in [3.63, 3.8) is 0 Å². The molecular formula is C40H49N3O9S. The lowest BCUT2D eigenvalue weighted by Gasteiger charge is -2.35. The Morgan fingerprint density at radius 1 is 1.11 bits per heavy atom. The Labute approximate surface area is 310 Å². The highest BCUT2D eigenvalue weighted by Crippen LogP contribution is 2.46. The van der Waals surface area contributed by atoms with Gasteiger partial charge in [0.1, 0.15) is 29.0 Å². The van der Waals surface area contributed by atoms with E-state index in [0.717, 1.165) is 16.3 Å². The maximum Gasteiger partial charge on any atom is 0.307 e. The van der Waals surface area contributed by atoms with Crippen molar-refractivity contribution in [2.45, 2.75) is 102 Å². The van der Waals surface area contributed by atoms with Crippen molar-refractivity contribution < 1.29 is 41.5 Å². The average molecular weight is 748 g/mol. The molecule has 0 spiro atoms. The lowest BCUT2D eigenvalue weighted by molar-refractivity contribution is -0.161. The van der Waals surface area contributed by atoms with Gasteiger partial charge in [0.15, 0.2) is 15.6 Å². The molecule has 0 bridgehead atoms. The van der Waals surface area contributed by atoms with Gasteiger partial charge in [-0.25, -0.2) is 13.4 Å². The molecule has 0 unspecified atom stereocenters. The summed E-state index contributed by atoms with van der Waals surface area (Å²) in [5.41, 5.74) is -1.55. The number of hydrogen-bond donors (Lipinski definition) is 1. The number of ether oxygens (including phenoxy) is 2. The number of Topliss-reactive ketones (excluding diaryl/α,β-unsaturated/α-hetero) is 1. The van der Waals surface area contributed by atoms with Gasteiger partial charge in [0.25, 0.3) is 0 Å². The fraction of sp³-hybridized carbons (Fsp3) is 0.525. The normalized spacial score (nSPS) is 23.7. The zero-order chi connectivity index (χ0) is 38.5. The van der Waals surface area contributed by atoms with E-state index in [1.54, 1.807) is 45.4 Å². The molecule has 3 heterocycles. The molecule has 1 saturated heterocycles. The second-order valence-electron chi connectivity index (χ2n) is 16.7. The van der Waals surface area contributed by atoms with Crippen molar-refractivity contribution in [1.82, 2.24) is 15.2 Å². The molecule has 53 heavy (non-hydrogen) atoms. The molecule has 3 fully saturated rings. The quantitative estimate of drug-likeness (QED) is 0.176. The predicted octanol–water partition coefficient (Wildman–Crippen LogP) is 5.44. The van der Waals surface area contributed by atoms with Crippen LogP contribution in [0.2, 0.25) is 0 Å². The molecule has 1 aromatic carbocycles. The van der Waals surface area contributed by atoms with E-state index in [4.69, 9.17) is 18.9 Å². The van der Waals surface area contributed by atoms with Crippen LogP contribution in [0.3, 0.4) is 0 Å². The highest BCUT2D eigenvalue weighted by atomic mass is 32.2. The van der Waals surface area contributed by atoms with E-state index in [-0.39, 0.29) is 25.8 Å². The van der Waals surface area contributed by atoms with Crippen LogP contribution in [0.25, 0.3) is 22.0 Å². The number of esters is 1. The zero-order valence-electron chi connectivity index (χ0n) is 31.2. The number of ketones is 1. The molecule has 3 aliphatic rings. The number of hydrogen-bond acceptors (Lipinski definition) is 10. The van der Waals surface area contributed by atoms with E-state index in [1.807, 2.05) is 51.1 Å². The van der Waals surface area contributed by atoms with E-state index < -0.39 is 84.9 Å². The molecule has 2 aliphatic carbocycles. The van der Waals surface area contributed by atoms with Gasteiger partial charge in [0.2, 0.25) is 17.7 Å².